The van der Waals surface area contributed by atoms with E-state index < -0.39 is 24.5 Å². The first-order valence-corrected chi connectivity index (χ1v) is 5.60. The average molecular weight is 264 g/mol. The maximum absolute atomic E-state index is 13.6. The van der Waals surface area contributed by atoms with Crippen LogP contribution in [0.2, 0.25) is 0 Å². The molecule has 0 aromatic heterocycles. The van der Waals surface area contributed by atoms with Crippen molar-refractivity contribution in [3.63, 3.8) is 0 Å². The number of halogens is 2. The van der Waals surface area contributed by atoms with Gasteiger partial charge < -0.3 is 14.8 Å². The minimum absolute atomic E-state index is 0.000926. The highest BCUT2D eigenvalue weighted by Crippen LogP contribution is 2.19. The predicted octanol–water partition coefficient (Wildman–Crippen LogP) is 1.22. The van der Waals surface area contributed by atoms with Gasteiger partial charge in [0, 0.05) is 5.46 Å². The SMILES string of the molecule is OB(O)c1ccc(F)c(F)c1OCc1ccccc1. The van der Waals surface area contributed by atoms with E-state index in [0.717, 1.165) is 17.7 Å². The smallest absolute Gasteiger partial charge is 0.486 e. The molecule has 0 amide bonds. The summed E-state index contributed by atoms with van der Waals surface area (Å²) in [7, 11) is -1.93. The van der Waals surface area contributed by atoms with Gasteiger partial charge in [-0.25, -0.2) is 4.39 Å². The van der Waals surface area contributed by atoms with Gasteiger partial charge in [0.15, 0.2) is 17.4 Å². The summed E-state index contributed by atoms with van der Waals surface area (Å²) >= 11 is 0. The monoisotopic (exact) mass is 264 g/mol. The molecular weight excluding hydrogens is 253 g/mol. The molecule has 2 aromatic rings. The molecule has 0 aliphatic carbocycles. The van der Waals surface area contributed by atoms with E-state index in [1.807, 2.05) is 6.07 Å². The van der Waals surface area contributed by atoms with Gasteiger partial charge in [0.1, 0.15) is 6.61 Å². The molecule has 0 heterocycles. The fourth-order valence-electron chi connectivity index (χ4n) is 1.63. The Balaban J connectivity index is 2.26. The van der Waals surface area contributed by atoms with Gasteiger partial charge >= 0.3 is 7.12 Å². The normalized spacial score (nSPS) is 10.3. The maximum Gasteiger partial charge on any atom is 0.492 e. The van der Waals surface area contributed by atoms with Crippen LogP contribution in [0.3, 0.4) is 0 Å². The van der Waals surface area contributed by atoms with Gasteiger partial charge in [-0.3, -0.25) is 0 Å². The molecule has 0 spiro atoms. The Morgan fingerprint density at radius 3 is 2.32 bits per heavy atom. The third-order valence-electron chi connectivity index (χ3n) is 2.58. The number of benzene rings is 2. The van der Waals surface area contributed by atoms with Crippen molar-refractivity contribution in [1.29, 1.82) is 0 Å². The zero-order valence-electron chi connectivity index (χ0n) is 9.88. The summed E-state index contributed by atoms with van der Waals surface area (Å²) in [6.45, 7) is 0.000926. The lowest BCUT2D eigenvalue weighted by Crippen LogP contribution is -2.32. The van der Waals surface area contributed by atoms with Crippen LogP contribution < -0.4 is 10.2 Å². The van der Waals surface area contributed by atoms with Gasteiger partial charge in [0.2, 0.25) is 0 Å². The molecule has 0 aliphatic heterocycles. The highest BCUT2D eigenvalue weighted by molar-refractivity contribution is 6.59. The first kappa shape index (κ1) is 13.5. The standard InChI is InChI=1S/C13H11BF2O3/c15-11-7-6-10(14(17)18)13(12(11)16)19-8-9-4-2-1-3-5-9/h1-7,17-18H,8H2. The lowest BCUT2D eigenvalue weighted by molar-refractivity contribution is 0.285. The van der Waals surface area contributed by atoms with Crippen molar-refractivity contribution in [3.8, 4) is 5.75 Å². The van der Waals surface area contributed by atoms with Crippen molar-refractivity contribution in [2.24, 2.45) is 0 Å². The molecule has 0 atom stereocenters. The molecule has 6 heteroatoms. The van der Waals surface area contributed by atoms with E-state index in [2.05, 4.69) is 0 Å². The first-order chi connectivity index (χ1) is 9.09. The average Bonchev–Trinajstić information content (AvgIpc) is 2.41. The molecule has 98 valence electrons. The molecular formula is C13H11BF2O3. The fourth-order valence-corrected chi connectivity index (χ4v) is 1.63. The van der Waals surface area contributed by atoms with E-state index >= 15 is 0 Å². The molecule has 0 fully saturated rings. The van der Waals surface area contributed by atoms with E-state index in [0.29, 0.717) is 0 Å². The third kappa shape index (κ3) is 3.10. The predicted molar refractivity (Wildman–Crippen MR) is 67.0 cm³/mol. The van der Waals surface area contributed by atoms with E-state index in [-0.39, 0.29) is 12.1 Å². The van der Waals surface area contributed by atoms with Crippen LogP contribution in [0.1, 0.15) is 5.56 Å². The van der Waals surface area contributed by atoms with Crippen molar-refractivity contribution in [2.45, 2.75) is 6.61 Å². The van der Waals surface area contributed by atoms with E-state index in [1.165, 1.54) is 0 Å². The van der Waals surface area contributed by atoms with Crippen LogP contribution >= 0.6 is 0 Å². The number of ether oxygens (including phenoxy) is 1. The van der Waals surface area contributed by atoms with Crippen molar-refractivity contribution >= 4 is 12.6 Å². The largest absolute Gasteiger partial charge is 0.492 e. The second-order valence-electron chi connectivity index (χ2n) is 3.93. The molecule has 0 bridgehead atoms. The summed E-state index contributed by atoms with van der Waals surface area (Å²) < 4.78 is 31.9. The Labute approximate surface area is 109 Å². The minimum atomic E-state index is -1.93. The van der Waals surface area contributed by atoms with Crippen molar-refractivity contribution in [1.82, 2.24) is 0 Å². The molecule has 0 unspecified atom stereocenters. The van der Waals surface area contributed by atoms with Crippen LogP contribution in [0.5, 0.6) is 5.75 Å². The number of rotatable bonds is 4. The Hall–Kier alpha value is -1.92. The summed E-state index contributed by atoms with van der Waals surface area (Å²) in [6.07, 6.45) is 0. The molecule has 0 saturated heterocycles. The molecule has 0 aliphatic rings. The van der Waals surface area contributed by atoms with E-state index in [4.69, 9.17) is 14.8 Å². The Kier molecular flexibility index (Phi) is 4.14. The van der Waals surface area contributed by atoms with Crippen molar-refractivity contribution in [3.05, 3.63) is 59.7 Å². The van der Waals surface area contributed by atoms with Crippen LogP contribution in [-0.2, 0) is 6.61 Å². The van der Waals surface area contributed by atoms with Crippen LogP contribution in [-0.4, -0.2) is 17.2 Å². The molecule has 0 radical (unpaired) electrons. The molecule has 19 heavy (non-hydrogen) atoms. The van der Waals surface area contributed by atoms with Gasteiger partial charge in [0.05, 0.1) is 0 Å². The van der Waals surface area contributed by atoms with Gasteiger partial charge in [-0.15, -0.1) is 0 Å². The van der Waals surface area contributed by atoms with Gasteiger partial charge in [-0.05, 0) is 11.6 Å². The Morgan fingerprint density at radius 2 is 1.68 bits per heavy atom. The Morgan fingerprint density at radius 1 is 1.00 bits per heavy atom. The second kappa shape index (κ2) is 5.82. The quantitative estimate of drug-likeness (QED) is 0.816. The summed E-state index contributed by atoms with van der Waals surface area (Å²) in [6, 6.07) is 10.8. The van der Waals surface area contributed by atoms with Crippen LogP contribution in [0.15, 0.2) is 42.5 Å². The molecule has 2 rings (SSSR count). The summed E-state index contributed by atoms with van der Waals surface area (Å²) in [5, 5.41) is 18.2. The van der Waals surface area contributed by atoms with Crippen molar-refractivity contribution in [2.75, 3.05) is 0 Å². The highest BCUT2D eigenvalue weighted by atomic mass is 19.2. The third-order valence-corrected chi connectivity index (χ3v) is 2.58. The first-order valence-electron chi connectivity index (χ1n) is 5.60. The summed E-state index contributed by atoms with van der Waals surface area (Å²) in [4.78, 5) is 0. The van der Waals surface area contributed by atoms with Crippen LogP contribution in [0, 0.1) is 11.6 Å². The fraction of sp³-hybridized carbons (Fsp3) is 0.0769. The molecule has 3 nitrogen and oxygen atoms in total. The Bertz CT molecular complexity index is 561. The highest BCUT2D eigenvalue weighted by Gasteiger charge is 2.23. The molecule has 2 aromatic carbocycles. The molecule has 2 N–H and O–H groups in total. The van der Waals surface area contributed by atoms with E-state index in [1.54, 1.807) is 24.3 Å². The zero-order chi connectivity index (χ0) is 13.8. The summed E-state index contributed by atoms with van der Waals surface area (Å²) in [5.74, 6) is -2.83. The van der Waals surface area contributed by atoms with Crippen LogP contribution in [0.4, 0.5) is 8.78 Å². The summed E-state index contributed by atoms with van der Waals surface area (Å²) in [5.41, 5.74) is 0.541. The maximum atomic E-state index is 13.6. The van der Waals surface area contributed by atoms with Crippen LogP contribution in [0.25, 0.3) is 0 Å². The number of hydrogen-bond acceptors (Lipinski definition) is 3. The lowest BCUT2D eigenvalue weighted by Gasteiger charge is -2.12. The van der Waals surface area contributed by atoms with E-state index in [9.17, 15) is 8.78 Å². The van der Waals surface area contributed by atoms with Gasteiger partial charge in [0.25, 0.3) is 0 Å². The molecule has 0 saturated carbocycles. The van der Waals surface area contributed by atoms with Gasteiger partial charge in [-0.1, -0.05) is 36.4 Å². The van der Waals surface area contributed by atoms with Crippen molar-refractivity contribution < 1.29 is 23.6 Å². The topological polar surface area (TPSA) is 49.7 Å². The number of hydrogen-bond donors (Lipinski definition) is 2. The van der Waals surface area contributed by atoms with Gasteiger partial charge in [-0.2, -0.15) is 4.39 Å². The minimum Gasteiger partial charge on any atom is -0.486 e. The zero-order valence-corrected chi connectivity index (χ0v) is 9.88. The second-order valence-corrected chi connectivity index (χ2v) is 3.93. The lowest BCUT2D eigenvalue weighted by atomic mass is 9.79.